The van der Waals surface area contributed by atoms with Crippen LogP contribution >= 0.6 is 18.9 Å². The second kappa shape index (κ2) is 6.02. The third-order valence-corrected chi connectivity index (χ3v) is 4.98. The van der Waals surface area contributed by atoms with Crippen LogP contribution in [0.3, 0.4) is 0 Å². The van der Waals surface area contributed by atoms with Gasteiger partial charge in [0.05, 0.1) is 0 Å². The van der Waals surface area contributed by atoms with Crippen molar-refractivity contribution >= 4 is 18.9 Å². The Bertz CT molecular complexity index is 733. The highest BCUT2D eigenvalue weighted by atomic mass is 35.5. The Kier molecular flexibility index (Phi) is 4.65. The SMILES string of the molecule is CNP(C)(=O)Cc1ccc(-c2noc(C(F)(F)Cl)n2)cc1F. The van der Waals surface area contributed by atoms with E-state index in [0.717, 1.165) is 6.07 Å². The van der Waals surface area contributed by atoms with Crippen LogP contribution in [0.25, 0.3) is 11.4 Å². The van der Waals surface area contributed by atoms with E-state index in [1.807, 2.05) is 0 Å². The van der Waals surface area contributed by atoms with Crippen LogP contribution in [-0.2, 0) is 16.1 Å². The van der Waals surface area contributed by atoms with Gasteiger partial charge in [-0.15, -0.1) is 0 Å². The van der Waals surface area contributed by atoms with Crippen LogP contribution in [0.15, 0.2) is 22.7 Å². The van der Waals surface area contributed by atoms with Crippen molar-refractivity contribution < 1.29 is 22.3 Å². The Morgan fingerprint density at radius 2 is 2.14 bits per heavy atom. The normalized spacial score (nSPS) is 14.8. The van der Waals surface area contributed by atoms with Crippen molar-refractivity contribution in [2.75, 3.05) is 13.7 Å². The first-order valence-electron chi connectivity index (χ1n) is 6.07. The zero-order chi connectivity index (χ0) is 16.5. The van der Waals surface area contributed by atoms with E-state index in [1.54, 1.807) is 0 Å². The van der Waals surface area contributed by atoms with Crippen molar-refractivity contribution in [2.45, 2.75) is 11.5 Å². The zero-order valence-electron chi connectivity index (χ0n) is 11.6. The summed E-state index contributed by atoms with van der Waals surface area (Å²) >= 11 is 4.76. The minimum Gasteiger partial charge on any atom is -0.331 e. The quantitative estimate of drug-likeness (QED) is 0.654. The molecule has 2 aromatic rings. The second-order valence-electron chi connectivity index (χ2n) is 4.71. The number of rotatable bonds is 5. The molecule has 1 atom stereocenters. The summed E-state index contributed by atoms with van der Waals surface area (Å²) in [7, 11) is -1.16. The largest absolute Gasteiger partial charge is 0.400 e. The van der Waals surface area contributed by atoms with Crippen molar-refractivity contribution in [2.24, 2.45) is 0 Å². The van der Waals surface area contributed by atoms with Crippen LogP contribution in [0.2, 0.25) is 0 Å². The maximum Gasteiger partial charge on any atom is 0.400 e. The number of halogens is 4. The van der Waals surface area contributed by atoms with Gasteiger partial charge in [0.2, 0.25) is 5.82 Å². The minimum absolute atomic E-state index is 0.0207. The molecular weight excluding hydrogens is 342 g/mol. The molecule has 0 saturated carbocycles. The monoisotopic (exact) mass is 353 g/mol. The van der Waals surface area contributed by atoms with Crippen LogP contribution in [0, 0.1) is 5.82 Å². The molecule has 0 spiro atoms. The van der Waals surface area contributed by atoms with Gasteiger partial charge in [0.1, 0.15) is 13.1 Å². The molecule has 1 N–H and O–H groups in total. The molecule has 10 heteroatoms. The van der Waals surface area contributed by atoms with E-state index in [-0.39, 0.29) is 23.1 Å². The number of hydrogen-bond donors (Lipinski definition) is 1. The lowest BCUT2D eigenvalue weighted by Crippen LogP contribution is -2.05. The lowest BCUT2D eigenvalue weighted by atomic mass is 10.1. The number of hydrogen-bond acceptors (Lipinski definition) is 4. The number of nitrogens with one attached hydrogen (secondary N) is 1. The van der Waals surface area contributed by atoms with Gasteiger partial charge in [0.25, 0.3) is 0 Å². The fourth-order valence-corrected chi connectivity index (χ4v) is 2.82. The molecule has 0 fully saturated rings. The predicted octanol–water partition coefficient (Wildman–Crippen LogP) is 3.79. The third-order valence-electron chi connectivity index (χ3n) is 2.92. The predicted molar refractivity (Wildman–Crippen MR) is 75.7 cm³/mol. The van der Waals surface area contributed by atoms with E-state index in [1.165, 1.54) is 25.8 Å². The van der Waals surface area contributed by atoms with Gasteiger partial charge in [-0.05, 0) is 30.3 Å². The maximum absolute atomic E-state index is 14.0. The van der Waals surface area contributed by atoms with Gasteiger partial charge in [0.15, 0.2) is 0 Å². The van der Waals surface area contributed by atoms with E-state index >= 15 is 0 Å². The fraction of sp³-hybridized carbons (Fsp3) is 0.333. The summed E-state index contributed by atoms with van der Waals surface area (Å²) in [4.78, 5) is 3.42. The molecule has 0 aliphatic heterocycles. The lowest BCUT2D eigenvalue weighted by Gasteiger charge is -2.12. The minimum atomic E-state index is -3.79. The Hall–Kier alpha value is -1.37. The molecule has 1 aromatic carbocycles. The highest BCUT2D eigenvalue weighted by molar-refractivity contribution is 7.60. The maximum atomic E-state index is 14.0. The molecular formula is C12H12ClF3N3O2P. The molecule has 0 aliphatic rings. The molecule has 0 amide bonds. The van der Waals surface area contributed by atoms with Crippen molar-refractivity contribution in [3.63, 3.8) is 0 Å². The summed E-state index contributed by atoms with van der Waals surface area (Å²) in [5.74, 6) is -1.92. The van der Waals surface area contributed by atoms with Crippen LogP contribution < -0.4 is 5.09 Å². The first-order valence-corrected chi connectivity index (χ1v) is 8.79. The average Bonchev–Trinajstić information content (AvgIpc) is 2.90. The molecule has 120 valence electrons. The lowest BCUT2D eigenvalue weighted by molar-refractivity contribution is 0.0551. The molecule has 1 heterocycles. The number of nitrogens with zero attached hydrogens (tertiary/aromatic N) is 2. The summed E-state index contributed by atoms with van der Waals surface area (Å²) < 4.78 is 55.9. The van der Waals surface area contributed by atoms with Crippen LogP contribution in [0.1, 0.15) is 11.5 Å². The molecule has 5 nitrogen and oxygen atoms in total. The van der Waals surface area contributed by atoms with Gasteiger partial charge >= 0.3 is 11.3 Å². The summed E-state index contributed by atoms with van der Waals surface area (Å²) in [5, 5.41) is 2.18. The van der Waals surface area contributed by atoms with Gasteiger partial charge in [-0.2, -0.15) is 13.8 Å². The van der Waals surface area contributed by atoms with E-state index in [9.17, 15) is 17.7 Å². The molecule has 22 heavy (non-hydrogen) atoms. The summed E-state index contributed by atoms with van der Waals surface area (Å²) in [6, 6.07) is 3.88. The van der Waals surface area contributed by atoms with E-state index < -0.39 is 24.4 Å². The molecule has 0 bridgehead atoms. The average molecular weight is 354 g/mol. The van der Waals surface area contributed by atoms with Gasteiger partial charge in [0, 0.05) is 18.4 Å². The van der Waals surface area contributed by atoms with Gasteiger partial charge in [-0.25, -0.2) is 4.39 Å². The molecule has 2 rings (SSSR count). The summed E-state index contributed by atoms with van der Waals surface area (Å²) in [6.07, 6.45) is 0.0207. The first kappa shape index (κ1) is 17.0. The Morgan fingerprint density at radius 1 is 1.45 bits per heavy atom. The van der Waals surface area contributed by atoms with Crippen LogP contribution in [-0.4, -0.2) is 23.9 Å². The van der Waals surface area contributed by atoms with Gasteiger partial charge in [-0.3, -0.25) is 5.09 Å². The number of aromatic nitrogens is 2. The first-order chi connectivity index (χ1) is 10.1. The van der Waals surface area contributed by atoms with E-state index in [0.29, 0.717) is 0 Å². The molecule has 1 unspecified atom stereocenters. The summed E-state index contributed by atoms with van der Waals surface area (Å²) in [5.41, 5.74) is 0.378. The van der Waals surface area contributed by atoms with Crippen molar-refractivity contribution in [1.82, 2.24) is 15.2 Å². The van der Waals surface area contributed by atoms with Gasteiger partial charge < -0.3 is 9.09 Å². The molecule has 0 saturated heterocycles. The Morgan fingerprint density at radius 3 is 2.64 bits per heavy atom. The van der Waals surface area contributed by atoms with Crippen molar-refractivity contribution in [3.05, 3.63) is 35.5 Å². The Labute approximate surface area is 129 Å². The highest BCUT2D eigenvalue weighted by Crippen LogP contribution is 2.40. The van der Waals surface area contributed by atoms with Crippen LogP contribution in [0.4, 0.5) is 13.2 Å². The molecule has 1 aromatic heterocycles. The molecule has 0 radical (unpaired) electrons. The number of benzene rings is 1. The fourth-order valence-electron chi connectivity index (χ4n) is 1.67. The van der Waals surface area contributed by atoms with Crippen molar-refractivity contribution in [1.29, 1.82) is 0 Å². The van der Waals surface area contributed by atoms with Gasteiger partial charge in [-0.1, -0.05) is 17.3 Å². The number of alkyl halides is 3. The smallest absolute Gasteiger partial charge is 0.331 e. The van der Waals surface area contributed by atoms with E-state index in [4.69, 9.17) is 11.6 Å². The van der Waals surface area contributed by atoms with Crippen LogP contribution in [0.5, 0.6) is 0 Å². The zero-order valence-corrected chi connectivity index (χ0v) is 13.3. The Balaban J connectivity index is 2.30. The third kappa shape index (κ3) is 3.88. The second-order valence-corrected chi connectivity index (χ2v) is 8.15. The highest BCUT2D eigenvalue weighted by Gasteiger charge is 2.35. The standard InChI is InChI=1S/C12H12ClF3N3O2P/c1-17-22(2,20)6-8-4-3-7(5-9(8)14)10-18-11(21-19-10)12(13,15)16/h3-5H,6H2,1-2H3,(H,17,20). The topological polar surface area (TPSA) is 68.0 Å². The van der Waals surface area contributed by atoms with Crippen molar-refractivity contribution in [3.8, 4) is 11.4 Å². The van der Waals surface area contributed by atoms with E-state index in [2.05, 4.69) is 19.8 Å². The summed E-state index contributed by atoms with van der Waals surface area (Å²) in [6.45, 7) is 1.49. The molecule has 0 aliphatic carbocycles.